The fourth-order valence-corrected chi connectivity index (χ4v) is 3.69. The maximum absolute atomic E-state index is 13.3. The highest BCUT2D eigenvalue weighted by Crippen LogP contribution is 2.29. The summed E-state index contributed by atoms with van der Waals surface area (Å²) < 4.78 is 12.9. The summed E-state index contributed by atoms with van der Waals surface area (Å²) in [5, 5.41) is 6.36. The van der Waals surface area contributed by atoms with Gasteiger partial charge in [0.1, 0.15) is 11.3 Å². The summed E-state index contributed by atoms with van der Waals surface area (Å²) in [4.78, 5) is 18.0. The van der Waals surface area contributed by atoms with Crippen LogP contribution < -0.4 is 10.3 Å². The first-order valence-electron chi connectivity index (χ1n) is 10.1. The highest BCUT2D eigenvalue weighted by atomic mass is 35.5. The van der Waals surface area contributed by atoms with Crippen LogP contribution >= 0.6 is 11.6 Å². The first-order valence-corrected chi connectivity index (χ1v) is 10.5. The molecule has 0 aliphatic carbocycles. The first-order chi connectivity index (χ1) is 15.6. The molecule has 32 heavy (non-hydrogen) atoms. The van der Waals surface area contributed by atoms with Gasteiger partial charge < -0.3 is 9.15 Å². The second kappa shape index (κ2) is 8.32. The van der Waals surface area contributed by atoms with E-state index in [4.69, 9.17) is 20.8 Å². The predicted molar refractivity (Wildman–Crippen MR) is 127 cm³/mol. The molecule has 0 atom stereocenters. The Kier molecular flexibility index (Phi) is 5.21. The molecule has 0 fully saturated rings. The average molecular weight is 444 g/mol. The van der Waals surface area contributed by atoms with Crippen molar-refractivity contribution < 1.29 is 9.15 Å². The fraction of sp³-hybridized carbons (Fsp3) is 0.0800. The summed E-state index contributed by atoms with van der Waals surface area (Å²) in [7, 11) is 0. The minimum Gasteiger partial charge on any atom is -0.493 e. The Morgan fingerprint density at radius 3 is 2.78 bits per heavy atom. The highest BCUT2D eigenvalue weighted by molar-refractivity contribution is 6.31. The number of ether oxygens (including phenoxy) is 1. The van der Waals surface area contributed by atoms with E-state index >= 15 is 0 Å². The SMILES string of the molecule is CCOc1ccccc1C=Nn1c(-c2cc3cc(Cl)ccc3o2)nc2ccccc2c1=O. The van der Waals surface area contributed by atoms with Crippen molar-refractivity contribution in [3.05, 3.63) is 93.7 Å². The van der Waals surface area contributed by atoms with E-state index in [1.54, 1.807) is 48.7 Å². The van der Waals surface area contributed by atoms with Crippen LogP contribution in [0.25, 0.3) is 33.5 Å². The molecule has 0 unspecified atom stereocenters. The van der Waals surface area contributed by atoms with Crippen molar-refractivity contribution in [3.63, 3.8) is 0 Å². The van der Waals surface area contributed by atoms with Gasteiger partial charge in [-0.1, -0.05) is 35.9 Å². The van der Waals surface area contributed by atoms with Crippen molar-refractivity contribution in [2.45, 2.75) is 6.92 Å². The predicted octanol–water partition coefficient (Wildman–Crippen LogP) is 5.74. The molecule has 0 aliphatic heterocycles. The number of hydrogen-bond acceptors (Lipinski definition) is 5. The van der Waals surface area contributed by atoms with Gasteiger partial charge in [-0.25, -0.2) is 4.98 Å². The second-order valence-corrected chi connectivity index (χ2v) is 7.51. The lowest BCUT2D eigenvalue weighted by molar-refractivity contribution is 0.340. The first kappa shape index (κ1) is 20.0. The molecule has 7 heteroatoms. The Morgan fingerprint density at radius 2 is 1.91 bits per heavy atom. The lowest BCUT2D eigenvalue weighted by Gasteiger charge is -2.08. The molecule has 0 saturated heterocycles. The van der Waals surface area contributed by atoms with E-state index in [1.165, 1.54) is 4.68 Å². The number of nitrogens with zero attached hydrogens (tertiary/aromatic N) is 3. The molecule has 0 aliphatic rings. The van der Waals surface area contributed by atoms with Crippen LogP contribution in [0, 0.1) is 0 Å². The van der Waals surface area contributed by atoms with Gasteiger partial charge in [0.2, 0.25) is 5.82 Å². The summed E-state index contributed by atoms with van der Waals surface area (Å²) in [6.07, 6.45) is 1.59. The van der Waals surface area contributed by atoms with Gasteiger partial charge in [-0.2, -0.15) is 9.78 Å². The van der Waals surface area contributed by atoms with Crippen LogP contribution in [0.5, 0.6) is 5.75 Å². The van der Waals surface area contributed by atoms with E-state index < -0.39 is 0 Å². The largest absolute Gasteiger partial charge is 0.493 e. The molecule has 2 heterocycles. The molecule has 0 bridgehead atoms. The quantitative estimate of drug-likeness (QED) is 0.324. The van der Waals surface area contributed by atoms with Crippen molar-refractivity contribution in [2.75, 3.05) is 6.61 Å². The smallest absolute Gasteiger partial charge is 0.282 e. The number of para-hydroxylation sites is 2. The van der Waals surface area contributed by atoms with Gasteiger partial charge in [-0.05, 0) is 55.5 Å². The zero-order valence-corrected chi connectivity index (χ0v) is 17.9. The van der Waals surface area contributed by atoms with Crippen molar-refractivity contribution in [3.8, 4) is 17.3 Å². The second-order valence-electron chi connectivity index (χ2n) is 7.08. The molecule has 0 saturated carbocycles. The number of benzene rings is 3. The molecule has 2 aromatic heterocycles. The van der Waals surface area contributed by atoms with Crippen molar-refractivity contribution >= 4 is 39.7 Å². The lowest BCUT2D eigenvalue weighted by Crippen LogP contribution is -2.20. The van der Waals surface area contributed by atoms with Crippen LogP contribution in [-0.2, 0) is 0 Å². The van der Waals surface area contributed by atoms with E-state index in [-0.39, 0.29) is 5.56 Å². The van der Waals surface area contributed by atoms with Crippen LogP contribution in [0.2, 0.25) is 5.02 Å². The minimum absolute atomic E-state index is 0.297. The molecule has 0 spiro atoms. The number of fused-ring (bicyclic) bond motifs is 2. The van der Waals surface area contributed by atoms with Gasteiger partial charge in [-0.15, -0.1) is 0 Å². The van der Waals surface area contributed by atoms with Crippen molar-refractivity contribution in [1.29, 1.82) is 0 Å². The fourth-order valence-electron chi connectivity index (χ4n) is 3.51. The van der Waals surface area contributed by atoms with Gasteiger partial charge in [0, 0.05) is 16.0 Å². The molecule has 5 rings (SSSR count). The zero-order valence-electron chi connectivity index (χ0n) is 17.2. The van der Waals surface area contributed by atoms with E-state index in [9.17, 15) is 4.79 Å². The summed E-state index contributed by atoms with van der Waals surface area (Å²) >= 11 is 6.12. The maximum atomic E-state index is 13.3. The zero-order chi connectivity index (χ0) is 22.1. The normalized spacial score (nSPS) is 11.6. The molecule has 0 N–H and O–H groups in total. The lowest BCUT2D eigenvalue weighted by atomic mass is 10.2. The third kappa shape index (κ3) is 3.65. The molecular weight excluding hydrogens is 426 g/mol. The number of halogens is 1. The molecule has 6 nitrogen and oxygen atoms in total. The van der Waals surface area contributed by atoms with Gasteiger partial charge in [0.25, 0.3) is 5.56 Å². The van der Waals surface area contributed by atoms with Crippen molar-refractivity contribution in [2.24, 2.45) is 5.10 Å². The van der Waals surface area contributed by atoms with Crippen LogP contribution in [-0.4, -0.2) is 22.5 Å². The van der Waals surface area contributed by atoms with Crippen LogP contribution in [0.1, 0.15) is 12.5 Å². The van der Waals surface area contributed by atoms with Crippen LogP contribution in [0.3, 0.4) is 0 Å². The van der Waals surface area contributed by atoms with E-state index in [2.05, 4.69) is 10.1 Å². The highest BCUT2D eigenvalue weighted by Gasteiger charge is 2.16. The Labute approximate surface area is 188 Å². The van der Waals surface area contributed by atoms with Gasteiger partial charge in [0.15, 0.2) is 5.76 Å². The van der Waals surface area contributed by atoms with Crippen molar-refractivity contribution in [1.82, 2.24) is 9.66 Å². The Balaban J connectivity index is 1.72. The Bertz CT molecular complexity index is 1540. The van der Waals surface area contributed by atoms with Gasteiger partial charge in [0.05, 0.1) is 23.7 Å². The maximum Gasteiger partial charge on any atom is 0.282 e. The number of rotatable bonds is 5. The topological polar surface area (TPSA) is 69.6 Å². The number of furan rings is 1. The monoisotopic (exact) mass is 443 g/mol. The molecule has 158 valence electrons. The standard InChI is InChI=1S/C25H18ClN3O3/c1-2-31-21-10-6-3-7-16(21)15-27-29-24(28-20-9-5-4-8-19(20)25(29)30)23-14-17-13-18(26)11-12-22(17)32-23/h3-15H,2H2,1H3. The molecule has 0 radical (unpaired) electrons. The number of hydrogen-bond donors (Lipinski definition) is 0. The molecule has 3 aromatic carbocycles. The summed E-state index contributed by atoms with van der Waals surface area (Å²) in [6, 6.07) is 21.8. The molecular formula is C25H18ClN3O3. The third-order valence-corrected chi connectivity index (χ3v) is 5.22. The van der Waals surface area contributed by atoms with Gasteiger partial charge >= 0.3 is 0 Å². The Morgan fingerprint density at radius 1 is 1.09 bits per heavy atom. The van der Waals surface area contributed by atoms with E-state index in [0.29, 0.717) is 45.4 Å². The Hall–Kier alpha value is -3.90. The van der Waals surface area contributed by atoms with Gasteiger partial charge in [-0.3, -0.25) is 4.79 Å². The molecule has 5 aromatic rings. The van der Waals surface area contributed by atoms with Crippen LogP contribution in [0.15, 0.2) is 87.1 Å². The average Bonchev–Trinajstić information content (AvgIpc) is 3.22. The van der Waals surface area contributed by atoms with Crippen LogP contribution in [0.4, 0.5) is 0 Å². The third-order valence-electron chi connectivity index (χ3n) is 4.98. The van der Waals surface area contributed by atoms with E-state index in [0.717, 1.165) is 10.9 Å². The summed E-state index contributed by atoms with van der Waals surface area (Å²) in [5.41, 5.74) is 1.65. The number of aromatic nitrogens is 2. The molecule has 0 amide bonds. The summed E-state index contributed by atoms with van der Waals surface area (Å²) in [5.74, 6) is 1.40. The minimum atomic E-state index is -0.297. The summed E-state index contributed by atoms with van der Waals surface area (Å²) in [6.45, 7) is 2.44. The van der Waals surface area contributed by atoms with E-state index in [1.807, 2.05) is 37.3 Å².